The molecule has 1 aliphatic rings. The Morgan fingerprint density at radius 2 is 2.00 bits per heavy atom. The summed E-state index contributed by atoms with van der Waals surface area (Å²) in [5.41, 5.74) is 1.35. The van der Waals surface area contributed by atoms with Crippen LogP contribution in [0.5, 0.6) is 5.75 Å². The Balaban J connectivity index is 1.31. The van der Waals surface area contributed by atoms with E-state index in [0.29, 0.717) is 35.3 Å². The second-order valence-corrected chi connectivity index (χ2v) is 8.70. The number of halogens is 1. The number of para-hydroxylation sites is 1. The van der Waals surface area contributed by atoms with Crippen molar-refractivity contribution >= 4 is 45.0 Å². The molecule has 0 radical (unpaired) electrons. The number of piperidine rings is 1. The summed E-state index contributed by atoms with van der Waals surface area (Å²) in [6.45, 7) is 1.29. The van der Waals surface area contributed by atoms with Gasteiger partial charge < -0.3 is 15.0 Å². The van der Waals surface area contributed by atoms with Crippen molar-refractivity contribution in [1.82, 2.24) is 15.2 Å². The summed E-state index contributed by atoms with van der Waals surface area (Å²) in [5.74, 6) is 0.436. The average molecular weight is 444 g/mol. The molecule has 6 nitrogen and oxygen atoms in total. The second kappa shape index (κ2) is 9.02. The van der Waals surface area contributed by atoms with Gasteiger partial charge >= 0.3 is 0 Å². The predicted octanol–water partition coefficient (Wildman–Crippen LogP) is 4.09. The Hall–Kier alpha value is -2.64. The fourth-order valence-electron chi connectivity index (χ4n) is 3.66. The SMILES string of the molecule is COc1ccccc1C(=O)NCC(=O)N1CCC(c2nc3cc(Cl)ccc3s2)CC1. The summed E-state index contributed by atoms with van der Waals surface area (Å²) in [7, 11) is 1.52. The molecule has 0 bridgehead atoms. The summed E-state index contributed by atoms with van der Waals surface area (Å²) in [6, 6.07) is 12.7. The number of amides is 2. The monoisotopic (exact) mass is 443 g/mol. The molecule has 1 aromatic heterocycles. The number of ether oxygens (including phenoxy) is 1. The molecule has 0 atom stereocenters. The Labute approximate surface area is 183 Å². The van der Waals surface area contributed by atoms with Crippen LogP contribution in [0, 0.1) is 0 Å². The first kappa shape index (κ1) is 20.6. The van der Waals surface area contributed by atoms with E-state index in [4.69, 9.17) is 21.3 Å². The van der Waals surface area contributed by atoms with Gasteiger partial charge in [-0.3, -0.25) is 9.59 Å². The molecule has 30 heavy (non-hydrogen) atoms. The summed E-state index contributed by atoms with van der Waals surface area (Å²) in [5, 5.41) is 4.49. The minimum absolute atomic E-state index is 0.0266. The van der Waals surface area contributed by atoms with Gasteiger partial charge in [-0.2, -0.15) is 0 Å². The first-order valence-electron chi connectivity index (χ1n) is 9.80. The minimum Gasteiger partial charge on any atom is -0.496 e. The van der Waals surface area contributed by atoms with Crippen molar-refractivity contribution in [2.45, 2.75) is 18.8 Å². The number of likely N-dealkylation sites (tertiary alicyclic amines) is 1. The van der Waals surface area contributed by atoms with E-state index in [1.807, 2.05) is 23.1 Å². The first-order chi connectivity index (χ1) is 14.5. The zero-order valence-corrected chi connectivity index (χ0v) is 18.1. The fraction of sp³-hybridized carbons (Fsp3) is 0.318. The predicted molar refractivity (Wildman–Crippen MR) is 119 cm³/mol. The van der Waals surface area contributed by atoms with Gasteiger partial charge in [-0.15, -0.1) is 11.3 Å². The van der Waals surface area contributed by atoms with Crippen molar-refractivity contribution in [3.8, 4) is 5.75 Å². The third-order valence-electron chi connectivity index (χ3n) is 5.31. The standard InChI is InChI=1S/C22H22ClN3O3S/c1-29-18-5-3-2-4-16(18)21(28)24-13-20(27)26-10-8-14(9-11-26)22-25-17-12-15(23)6-7-19(17)30-22/h2-7,12,14H,8-11,13H2,1H3,(H,24,28). The molecule has 2 aromatic carbocycles. The van der Waals surface area contributed by atoms with E-state index in [-0.39, 0.29) is 18.4 Å². The number of carbonyl (C=O) groups is 2. The number of nitrogens with zero attached hydrogens (tertiary/aromatic N) is 2. The Morgan fingerprint density at radius 1 is 1.23 bits per heavy atom. The number of methoxy groups -OCH3 is 1. The highest BCUT2D eigenvalue weighted by atomic mass is 35.5. The number of fused-ring (bicyclic) bond motifs is 1. The molecule has 1 N–H and O–H groups in total. The number of aromatic nitrogens is 1. The lowest BCUT2D eigenvalue weighted by molar-refractivity contribution is -0.131. The number of benzene rings is 2. The van der Waals surface area contributed by atoms with Crippen molar-refractivity contribution in [2.75, 3.05) is 26.7 Å². The molecule has 2 heterocycles. The lowest BCUT2D eigenvalue weighted by Gasteiger charge is -2.31. The Morgan fingerprint density at radius 3 is 2.77 bits per heavy atom. The van der Waals surface area contributed by atoms with Crippen LogP contribution >= 0.6 is 22.9 Å². The van der Waals surface area contributed by atoms with Gasteiger partial charge in [0.25, 0.3) is 5.91 Å². The van der Waals surface area contributed by atoms with E-state index in [9.17, 15) is 9.59 Å². The molecule has 4 rings (SSSR count). The van der Waals surface area contributed by atoms with Crippen molar-refractivity contribution < 1.29 is 14.3 Å². The number of hydrogen-bond acceptors (Lipinski definition) is 5. The summed E-state index contributed by atoms with van der Waals surface area (Å²) >= 11 is 7.75. The number of nitrogens with one attached hydrogen (secondary N) is 1. The third kappa shape index (κ3) is 4.42. The maximum atomic E-state index is 12.6. The molecule has 0 unspecified atom stereocenters. The maximum Gasteiger partial charge on any atom is 0.255 e. The van der Waals surface area contributed by atoms with Crippen molar-refractivity contribution in [1.29, 1.82) is 0 Å². The van der Waals surface area contributed by atoms with Crippen LogP contribution < -0.4 is 10.1 Å². The van der Waals surface area contributed by atoms with Crippen LogP contribution in [0.1, 0.15) is 34.1 Å². The lowest BCUT2D eigenvalue weighted by Crippen LogP contribution is -2.43. The molecular weight excluding hydrogens is 422 g/mol. The van der Waals surface area contributed by atoms with Crippen molar-refractivity contribution in [3.05, 3.63) is 58.1 Å². The molecule has 3 aromatic rings. The molecular formula is C22H22ClN3O3S. The number of rotatable bonds is 5. The molecule has 1 saturated heterocycles. The summed E-state index contributed by atoms with van der Waals surface area (Å²) in [4.78, 5) is 31.5. The van der Waals surface area contributed by atoms with Crippen LogP contribution in [0.15, 0.2) is 42.5 Å². The van der Waals surface area contributed by atoms with Gasteiger partial charge in [-0.25, -0.2) is 4.98 Å². The highest BCUT2D eigenvalue weighted by Crippen LogP contribution is 2.34. The smallest absolute Gasteiger partial charge is 0.255 e. The van der Waals surface area contributed by atoms with E-state index in [0.717, 1.165) is 28.1 Å². The van der Waals surface area contributed by atoms with E-state index in [1.165, 1.54) is 7.11 Å². The van der Waals surface area contributed by atoms with E-state index >= 15 is 0 Å². The third-order valence-corrected chi connectivity index (χ3v) is 6.75. The van der Waals surface area contributed by atoms with Gasteiger partial charge in [0.2, 0.25) is 5.91 Å². The summed E-state index contributed by atoms with van der Waals surface area (Å²) < 4.78 is 6.33. The number of thiazole rings is 1. The van der Waals surface area contributed by atoms with Crippen LogP contribution in [-0.4, -0.2) is 48.4 Å². The Kier molecular flexibility index (Phi) is 6.20. The van der Waals surface area contributed by atoms with Gasteiger partial charge in [0.1, 0.15) is 5.75 Å². The number of hydrogen-bond donors (Lipinski definition) is 1. The fourth-order valence-corrected chi connectivity index (χ4v) is 4.95. The molecule has 8 heteroatoms. The average Bonchev–Trinajstić information content (AvgIpc) is 3.20. The van der Waals surface area contributed by atoms with Crippen LogP contribution in [-0.2, 0) is 4.79 Å². The second-order valence-electron chi connectivity index (χ2n) is 7.20. The highest BCUT2D eigenvalue weighted by molar-refractivity contribution is 7.18. The quantitative estimate of drug-likeness (QED) is 0.644. The van der Waals surface area contributed by atoms with Crippen LogP contribution in [0.3, 0.4) is 0 Å². The van der Waals surface area contributed by atoms with Gasteiger partial charge in [0, 0.05) is 24.0 Å². The molecule has 1 aliphatic heterocycles. The van der Waals surface area contributed by atoms with Gasteiger partial charge in [-0.05, 0) is 43.2 Å². The van der Waals surface area contributed by atoms with Crippen molar-refractivity contribution in [3.63, 3.8) is 0 Å². The molecule has 0 aliphatic carbocycles. The topological polar surface area (TPSA) is 71.5 Å². The van der Waals surface area contributed by atoms with Crippen LogP contribution in [0.25, 0.3) is 10.2 Å². The number of carbonyl (C=O) groups excluding carboxylic acids is 2. The van der Waals surface area contributed by atoms with E-state index in [2.05, 4.69) is 5.32 Å². The van der Waals surface area contributed by atoms with Gasteiger partial charge in [0.05, 0.1) is 34.4 Å². The van der Waals surface area contributed by atoms with Crippen LogP contribution in [0.2, 0.25) is 5.02 Å². The lowest BCUT2D eigenvalue weighted by atomic mass is 9.97. The van der Waals surface area contributed by atoms with E-state index < -0.39 is 0 Å². The molecule has 156 valence electrons. The molecule has 0 spiro atoms. The Bertz CT molecular complexity index is 1080. The molecule has 0 saturated carbocycles. The normalized spacial score (nSPS) is 14.7. The van der Waals surface area contributed by atoms with Gasteiger partial charge in [-0.1, -0.05) is 23.7 Å². The zero-order chi connectivity index (χ0) is 21.1. The minimum atomic E-state index is -0.316. The van der Waals surface area contributed by atoms with E-state index in [1.54, 1.807) is 35.6 Å². The zero-order valence-electron chi connectivity index (χ0n) is 16.6. The largest absolute Gasteiger partial charge is 0.496 e. The van der Waals surface area contributed by atoms with Crippen LogP contribution in [0.4, 0.5) is 0 Å². The highest BCUT2D eigenvalue weighted by Gasteiger charge is 2.26. The molecule has 1 fully saturated rings. The van der Waals surface area contributed by atoms with Crippen molar-refractivity contribution in [2.24, 2.45) is 0 Å². The first-order valence-corrected chi connectivity index (χ1v) is 11.0. The molecule has 2 amide bonds. The van der Waals surface area contributed by atoms with Gasteiger partial charge in [0.15, 0.2) is 0 Å². The summed E-state index contributed by atoms with van der Waals surface area (Å²) in [6.07, 6.45) is 1.72. The maximum absolute atomic E-state index is 12.6.